The van der Waals surface area contributed by atoms with E-state index >= 15 is 0 Å². The quantitative estimate of drug-likeness (QED) is 0.871. The van der Waals surface area contributed by atoms with E-state index in [4.69, 9.17) is 33.7 Å². The lowest BCUT2D eigenvalue weighted by Gasteiger charge is -2.06. The predicted octanol–water partition coefficient (Wildman–Crippen LogP) is 3.94. The Morgan fingerprint density at radius 2 is 2.11 bits per heavy atom. The van der Waals surface area contributed by atoms with Gasteiger partial charge in [-0.15, -0.1) is 11.3 Å². The van der Waals surface area contributed by atoms with Gasteiger partial charge in [0, 0.05) is 26.9 Å². The third-order valence-corrected chi connectivity index (χ3v) is 3.71. The summed E-state index contributed by atoms with van der Waals surface area (Å²) in [5.74, 6) is 6.37. The molecule has 1 aromatic heterocycles. The second-order valence-electron chi connectivity index (χ2n) is 3.67. The SMILES string of the molecule is NCC#Cc1csc(COc2cc(Cl)ccc2Cl)c1. The first kappa shape index (κ1) is 14.2. The fourth-order valence-electron chi connectivity index (χ4n) is 1.41. The van der Waals surface area contributed by atoms with Crippen LogP contribution in [0.4, 0.5) is 0 Å². The topological polar surface area (TPSA) is 35.2 Å². The van der Waals surface area contributed by atoms with E-state index in [2.05, 4.69) is 11.8 Å². The maximum Gasteiger partial charge on any atom is 0.139 e. The van der Waals surface area contributed by atoms with Gasteiger partial charge in [-0.25, -0.2) is 0 Å². The highest BCUT2D eigenvalue weighted by atomic mass is 35.5. The zero-order valence-electron chi connectivity index (χ0n) is 9.95. The molecule has 0 amide bonds. The number of nitrogens with two attached hydrogens (primary N) is 1. The van der Waals surface area contributed by atoms with E-state index < -0.39 is 0 Å². The fourth-order valence-corrected chi connectivity index (χ4v) is 2.47. The molecule has 0 spiro atoms. The molecule has 0 saturated carbocycles. The molecule has 0 aliphatic carbocycles. The van der Waals surface area contributed by atoms with E-state index in [1.165, 1.54) is 0 Å². The summed E-state index contributed by atoms with van der Waals surface area (Å²) >= 11 is 13.5. The van der Waals surface area contributed by atoms with Crippen molar-refractivity contribution in [3.8, 4) is 17.6 Å². The monoisotopic (exact) mass is 311 g/mol. The van der Waals surface area contributed by atoms with Gasteiger partial charge >= 0.3 is 0 Å². The molecule has 0 aliphatic rings. The Balaban J connectivity index is 2.02. The minimum Gasteiger partial charge on any atom is -0.486 e. The number of thiophene rings is 1. The number of ether oxygens (including phenoxy) is 1. The molecule has 0 unspecified atom stereocenters. The van der Waals surface area contributed by atoms with E-state index in [1.54, 1.807) is 29.5 Å². The summed E-state index contributed by atoms with van der Waals surface area (Å²) in [6, 6.07) is 7.12. The second-order valence-corrected chi connectivity index (χ2v) is 5.51. The van der Waals surface area contributed by atoms with E-state index in [-0.39, 0.29) is 0 Å². The Hall–Kier alpha value is -1.18. The first-order valence-corrected chi connectivity index (χ1v) is 7.17. The van der Waals surface area contributed by atoms with Crippen LogP contribution in [0.25, 0.3) is 0 Å². The van der Waals surface area contributed by atoms with Gasteiger partial charge in [0.15, 0.2) is 0 Å². The number of halogens is 2. The van der Waals surface area contributed by atoms with Crippen LogP contribution in [0.2, 0.25) is 10.0 Å². The van der Waals surface area contributed by atoms with Crippen LogP contribution in [0.5, 0.6) is 5.75 Å². The average molecular weight is 312 g/mol. The molecule has 2 rings (SSSR count). The Bertz CT molecular complexity index is 628. The van der Waals surface area contributed by atoms with Crippen molar-refractivity contribution in [2.75, 3.05) is 6.54 Å². The summed E-state index contributed by atoms with van der Waals surface area (Å²) in [7, 11) is 0. The summed E-state index contributed by atoms with van der Waals surface area (Å²) in [6.07, 6.45) is 0. The number of hydrogen-bond donors (Lipinski definition) is 1. The molecule has 2 N–H and O–H groups in total. The van der Waals surface area contributed by atoms with Crippen LogP contribution in [0, 0.1) is 11.8 Å². The van der Waals surface area contributed by atoms with Crippen molar-refractivity contribution in [3.05, 3.63) is 50.1 Å². The molecule has 2 aromatic rings. The molecule has 98 valence electrons. The average Bonchev–Trinajstić information content (AvgIpc) is 2.85. The normalized spacial score (nSPS) is 9.84. The molecule has 19 heavy (non-hydrogen) atoms. The Morgan fingerprint density at radius 3 is 2.89 bits per heavy atom. The third-order valence-electron chi connectivity index (χ3n) is 2.25. The number of hydrogen-bond acceptors (Lipinski definition) is 3. The zero-order valence-corrected chi connectivity index (χ0v) is 12.3. The molecular weight excluding hydrogens is 301 g/mol. The van der Waals surface area contributed by atoms with E-state index in [0.717, 1.165) is 10.4 Å². The first-order chi connectivity index (χ1) is 9.19. The Labute approximate surface area is 126 Å². The summed E-state index contributed by atoms with van der Waals surface area (Å²) < 4.78 is 5.64. The molecule has 0 atom stereocenters. The van der Waals surface area contributed by atoms with Gasteiger partial charge in [0.25, 0.3) is 0 Å². The minimum atomic E-state index is 0.361. The van der Waals surface area contributed by atoms with Crippen molar-refractivity contribution in [1.82, 2.24) is 0 Å². The van der Waals surface area contributed by atoms with Crippen LogP contribution < -0.4 is 10.5 Å². The summed E-state index contributed by atoms with van der Waals surface area (Å²) in [5, 5.41) is 3.12. The molecular formula is C14H11Cl2NOS. The van der Waals surface area contributed by atoms with Crippen molar-refractivity contribution in [2.24, 2.45) is 5.73 Å². The van der Waals surface area contributed by atoms with Crippen molar-refractivity contribution in [3.63, 3.8) is 0 Å². The highest BCUT2D eigenvalue weighted by molar-refractivity contribution is 7.10. The zero-order chi connectivity index (χ0) is 13.7. The largest absolute Gasteiger partial charge is 0.486 e. The van der Waals surface area contributed by atoms with Gasteiger partial charge in [0.2, 0.25) is 0 Å². The molecule has 1 aromatic carbocycles. The van der Waals surface area contributed by atoms with Crippen LogP contribution in [0.3, 0.4) is 0 Å². The van der Waals surface area contributed by atoms with Gasteiger partial charge in [-0.2, -0.15) is 0 Å². The summed E-state index contributed by atoms with van der Waals surface area (Å²) in [6.45, 7) is 0.800. The predicted molar refractivity (Wildman–Crippen MR) is 81.0 cm³/mol. The van der Waals surface area contributed by atoms with Gasteiger partial charge in [-0.05, 0) is 18.2 Å². The minimum absolute atomic E-state index is 0.361. The molecule has 0 radical (unpaired) electrons. The van der Waals surface area contributed by atoms with Crippen molar-refractivity contribution in [2.45, 2.75) is 6.61 Å². The van der Waals surface area contributed by atoms with Crippen LogP contribution in [-0.2, 0) is 6.61 Å². The molecule has 2 nitrogen and oxygen atoms in total. The van der Waals surface area contributed by atoms with E-state index in [1.807, 2.05) is 11.4 Å². The lowest BCUT2D eigenvalue weighted by molar-refractivity contribution is 0.310. The van der Waals surface area contributed by atoms with Crippen LogP contribution in [0.15, 0.2) is 29.6 Å². The second kappa shape index (κ2) is 6.83. The van der Waals surface area contributed by atoms with Gasteiger partial charge in [-0.1, -0.05) is 35.0 Å². The fraction of sp³-hybridized carbons (Fsp3) is 0.143. The van der Waals surface area contributed by atoms with Gasteiger partial charge in [0.05, 0.1) is 11.6 Å². The summed E-state index contributed by atoms with van der Waals surface area (Å²) in [5.41, 5.74) is 6.28. The van der Waals surface area contributed by atoms with Crippen LogP contribution in [0.1, 0.15) is 10.4 Å². The lowest BCUT2D eigenvalue weighted by Crippen LogP contribution is -1.93. The van der Waals surface area contributed by atoms with Gasteiger partial charge in [0.1, 0.15) is 12.4 Å². The lowest BCUT2D eigenvalue weighted by atomic mass is 10.3. The Morgan fingerprint density at radius 1 is 1.26 bits per heavy atom. The molecule has 0 aliphatic heterocycles. The van der Waals surface area contributed by atoms with Crippen LogP contribution in [-0.4, -0.2) is 6.54 Å². The maximum atomic E-state index is 6.02. The van der Waals surface area contributed by atoms with Gasteiger partial charge in [-0.3, -0.25) is 0 Å². The number of benzene rings is 1. The molecule has 0 saturated heterocycles. The highest BCUT2D eigenvalue weighted by Crippen LogP contribution is 2.29. The smallest absolute Gasteiger partial charge is 0.139 e. The molecule has 0 bridgehead atoms. The Kier molecular flexibility index (Phi) is 5.12. The molecule has 5 heteroatoms. The highest BCUT2D eigenvalue weighted by Gasteiger charge is 2.04. The van der Waals surface area contributed by atoms with Crippen LogP contribution >= 0.6 is 34.5 Å². The number of rotatable bonds is 3. The molecule has 1 heterocycles. The standard InChI is InChI=1S/C14H11Cl2NOS/c15-11-3-4-13(16)14(7-11)18-8-12-6-10(9-19-12)2-1-5-17/h3-4,6-7,9H,5,8,17H2. The first-order valence-electron chi connectivity index (χ1n) is 5.53. The van der Waals surface area contributed by atoms with E-state index in [9.17, 15) is 0 Å². The van der Waals surface area contributed by atoms with Gasteiger partial charge < -0.3 is 10.5 Å². The van der Waals surface area contributed by atoms with Crippen molar-refractivity contribution >= 4 is 34.5 Å². The van der Waals surface area contributed by atoms with Crippen molar-refractivity contribution in [1.29, 1.82) is 0 Å². The maximum absolute atomic E-state index is 6.02. The molecule has 0 fully saturated rings. The third kappa shape index (κ3) is 4.15. The van der Waals surface area contributed by atoms with Crippen molar-refractivity contribution < 1.29 is 4.74 Å². The van der Waals surface area contributed by atoms with E-state index in [0.29, 0.717) is 28.9 Å². The summed E-state index contributed by atoms with van der Waals surface area (Å²) in [4.78, 5) is 1.07.